The molecule has 1 fully saturated rings. The van der Waals surface area contributed by atoms with Crippen molar-refractivity contribution in [2.75, 3.05) is 13.1 Å². The zero-order valence-electron chi connectivity index (χ0n) is 12.7. The summed E-state index contributed by atoms with van der Waals surface area (Å²) in [7, 11) is 0. The summed E-state index contributed by atoms with van der Waals surface area (Å²) < 4.78 is 0. The lowest BCUT2D eigenvalue weighted by atomic mass is 9.88. The number of fused-ring (bicyclic) bond motifs is 1. The van der Waals surface area contributed by atoms with Crippen molar-refractivity contribution in [2.45, 2.75) is 51.0 Å². The third kappa shape index (κ3) is 3.65. The number of carbonyl (C=O) groups excluding carboxylic acids is 1. The van der Waals surface area contributed by atoms with E-state index in [0.29, 0.717) is 6.04 Å². The highest BCUT2D eigenvalue weighted by Crippen LogP contribution is 2.25. The van der Waals surface area contributed by atoms with Crippen molar-refractivity contribution in [2.24, 2.45) is 5.92 Å². The summed E-state index contributed by atoms with van der Waals surface area (Å²) in [4.78, 5) is 12.2. The fraction of sp³-hybridized carbons (Fsp3) is 0.611. The number of carbonyl (C=O) groups is 1. The highest BCUT2D eigenvalue weighted by molar-refractivity contribution is 5.78. The van der Waals surface area contributed by atoms with E-state index in [1.807, 2.05) is 0 Å². The van der Waals surface area contributed by atoms with Gasteiger partial charge in [-0.15, -0.1) is 0 Å². The van der Waals surface area contributed by atoms with E-state index in [4.69, 9.17) is 0 Å². The molecule has 1 aromatic rings. The van der Waals surface area contributed by atoms with Gasteiger partial charge in [0.05, 0.1) is 0 Å². The van der Waals surface area contributed by atoms with Gasteiger partial charge in [-0.3, -0.25) is 4.79 Å². The second-order valence-electron chi connectivity index (χ2n) is 6.37. The summed E-state index contributed by atoms with van der Waals surface area (Å²) in [6, 6.07) is 9.06. The highest BCUT2D eigenvalue weighted by Gasteiger charge is 2.22. The number of rotatable bonds is 4. The largest absolute Gasteiger partial charge is 0.356 e. The standard InChI is InChI=1S/C18H26N2O/c21-18(15-7-2-1-3-8-15)20-13-11-17-16-9-5-4-6-14(16)10-12-19-17/h4-6,9,15,17,19H,1-3,7-8,10-13H2,(H,20,21)/t17-/m0/s1. The first-order valence-corrected chi connectivity index (χ1v) is 8.43. The highest BCUT2D eigenvalue weighted by atomic mass is 16.1. The average molecular weight is 286 g/mol. The van der Waals surface area contributed by atoms with Gasteiger partial charge in [0, 0.05) is 18.5 Å². The zero-order chi connectivity index (χ0) is 14.5. The normalized spacial score (nSPS) is 22.6. The molecule has 0 aromatic heterocycles. The SMILES string of the molecule is O=C(NCC[C@@H]1NCCc2ccccc21)C1CCCCC1. The number of hydrogen-bond donors (Lipinski definition) is 2. The van der Waals surface area contributed by atoms with Gasteiger partial charge in [0.25, 0.3) is 0 Å². The lowest BCUT2D eigenvalue weighted by molar-refractivity contribution is -0.125. The maximum absolute atomic E-state index is 12.2. The van der Waals surface area contributed by atoms with Crippen LogP contribution < -0.4 is 10.6 Å². The molecule has 1 aromatic carbocycles. The number of hydrogen-bond acceptors (Lipinski definition) is 2. The third-order valence-electron chi connectivity index (χ3n) is 4.92. The second-order valence-corrected chi connectivity index (χ2v) is 6.37. The summed E-state index contributed by atoms with van der Waals surface area (Å²) in [5, 5.41) is 6.73. The summed E-state index contributed by atoms with van der Waals surface area (Å²) in [5.41, 5.74) is 2.87. The summed E-state index contributed by atoms with van der Waals surface area (Å²) in [6.45, 7) is 1.82. The molecule has 1 heterocycles. The van der Waals surface area contributed by atoms with Crippen LogP contribution in [0.1, 0.15) is 55.7 Å². The smallest absolute Gasteiger partial charge is 0.223 e. The van der Waals surface area contributed by atoms with Crippen molar-refractivity contribution in [3.63, 3.8) is 0 Å². The Morgan fingerprint density at radius 1 is 1.19 bits per heavy atom. The van der Waals surface area contributed by atoms with E-state index in [1.165, 1.54) is 30.4 Å². The van der Waals surface area contributed by atoms with E-state index in [0.717, 1.165) is 38.8 Å². The van der Waals surface area contributed by atoms with E-state index in [1.54, 1.807) is 0 Å². The summed E-state index contributed by atoms with van der Waals surface area (Å²) in [5.74, 6) is 0.546. The molecule has 1 atom stereocenters. The van der Waals surface area contributed by atoms with Crippen LogP contribution in [-0.4, -0.2) is 19.0 Å². The van der Waals surface area contributed by atoms with Gasteiger partial charge in [0.2, 0.25) is 5.91 Å². The molecule has 21 heavy (non-hydrogen) atoms. The molecule has 0 unspecified atom stereocenters. The molecule has 1 saturated carbocycles. The van der Waals surface area contributed by atoms with Crippen molar-refractivity contribution in [1.82, 2.24) is 10.6 Å². The van der Waals surface area contributed by atoms with Crippen LogP contribution in [0.5, 0.6) is 0 Å². The van der Waals surface area contributed by atoms with Gasteiger partial charge < -0.3 is 10.6 Å². The Bertz CT molecular complexity index is 480. The molecular weight excluding hydrogens is 260 g/mol. The predicted octanol–water partition coefficient (Wildman–Crippen LogP) is 2.96. The Hall–Kier alpha value is -1.35. The Morgan fingerprint density at radius 2 is 2.00 bits per heavy atom. The molecule has 114 valence electrons. The fourth-order valence-electron chi connectivity index (χ4n) is 3.70. The van der Waals surface area contributed by atoms with Gasteiger partial charge in [-0.05, 0) is 43.4 Å². The van der Waals surface area contributed by atoms with Crippen LogP contribution in [0.15, 0.2) is 24.3 Å². The van der Waals surface area contributed by atoms with Crippen LogP contribution in [0, 0.1) is 5.92 Å². The Morgan fingerprint density at radius 3 is 2.86 bits per heavy atom. The average Bonchev–Trinajstić information content (AvgIpc) is 2.56. The molecule has 3 heteroatoms. The Labute approximate surface area is 127 Å². The molecule has 2 N–H and O–H groups in total. The molecule has 0 bridgehead atoms. The minimum absolute atomic E-state index is 0.269. The summed E-state index contributed by atoms with van der Waals surface area (Å²) in [6.07, 6.45) is 7.99. The van der Waals surface area contributed by atoms with E-state index < -0.39 is 0 Å². The molecule has 3 nitrogen and oxygen atoms in total. The van der Waals surface area contributed by atoms with Gasteiger partial charge >= 0.3 is 0 Å². The van der Waals surface area contributed by atoms with Gasteiger partial charge in [-0.2, -0.15) is 0 Å². The minimum atomic E-state index is 0.269. The van der Waals surface area contributed by atoms with Crippen LogP contribution in [0.2, 0.25) is 0 Å². The third-order valence-corrected chi connectivity index (χ3v) is 4.92. The van der Waals surface area contributed by atoms with Crippen LogP contribution in [0.3, 0.4) is 0 Å². The van der Waals surface area contributed by atoms with Crippen LogP contribution in [-0.2, 0) is 11.2 Å². The van der Waals surface area contributed by atoms with Gasteiger partial charge in [0.15, 0.2) is 0 Å². The maximum atomic E-state index is 12.2. The van der Waals surface area contributed by atoms with E-state index in [9.17, 15) is 4.79 Å². The molecule has 0 radical (unpaired) electrons. The quantitative estimate of drug-likeness (QED) is 0.893. The maximum Gasteiger partial charge on any atom is 0.223 e. The van der Waals surface area contributed by atoms with Crippen molar-refractivity contribution in [3.8, 4) is 0 Å². The second kappa shape index (κ2) is 7.08. The molecule has 1 aliphatic heterocycles. The molecule has 0 saturated heterocycles. The molecule has 3 rings (SSSR count). The van der Waals surface area contributed by atoms with Gasteiger partial charge in [0.1, 0.15) is 0 Å². The van der Waals surface area contributed by atoms with Gasteiger partial charge in [-0.25, -0.2) is 0 Å². The number of amides is 1. The first-order chi connectivity index (χ1) is 10.3. The molecule has 0 spiro atoms. The van der Waals surface area contributed by atoms with E-state index in [2.05, 4.69) is 34.9 Å². The fourth-order valence-corrected chi connectivity index (χ4v) is 3.70. The van der Waals surface area contributed by atoms with Crippen LogP contribution in [0.25, 0.3) is 0 Å². The lowest BCUT2D eigenvalue weighted by Crippen LogP contribution is -2.36. The topological polar surface area (TPSA) is 41.1 Å². The van der Waals surface area contributed by atoms with Crippen molar-refractivity contribution in [3.05, 3.63) is 35.4 Å². The van der Waals surface area contributed by atoms with Gasteiger partial charge in [-0.1, -0.05) is 43.5 Å². The monoisotopic (exact) mass is 286 g/mol. The first-order valence-electron chi connectivity index (χ1n) is 8.43. The Balaban J connectivity index is 1.48. The number of benzene rings is 1. The first kappa shape index (κ1) is 14.6. The molecular formula is C18H26N2O. The molecule has 1 aliphatic carbocycles. The minimum Gasteiger partial charge on any atom is -0.356 e. The molecule has 2 aliphatic rings. The zero-order valence-corrected chi connectivity index (χ0v) is 12.7. The number of nitrogens with one attached hydrogen (secondary N) is 2. The van der Waals surface area contributed by atoms with Crippen LogP contribution in [0.4, 0.5) is 0 Å². The van der Waals surface area contributed by atoms with Crippen molar-refractivity contribution >= 4 is 5.91 Å². The predicted molar refractivity (Wildman–Crippen MR) is 85.1 cm³/mol. The molecule has 1 amide bonds. The van der Waals surface area contributed by atoms with Crippen molar-refractivity contribution < 1.29 is 4.79 Å². The lowest BCUT2D eigenvalue weighted by Gasteiger charge is -2.27. The van der Waals surface area contributed by atoms with Crippen LogP contribution >= 0.6 is 0 Å². The summed E-state index contributed by atoms with van der Waals surface area (Å²) >= 11 is 0. The van der Waals surface area contributed by atoms with E-state index in [-0.39, 0.29) is 11.8 Å². The Kier molecular flexibility index (Phi) is 4.91. The van der Waals surface area contributed by atoms with Crippen molar-refractivity contribution in [1.29, 1.82) is 0 Å². The van der Waals surface area contributed by atoms with E-state index >= 15 is 0 Å².